The highest BCUT2D eigenvalue weighted by Gasteiger charge is 2.44. The number of piperazine rings is 1. The van der Waals surface area contributed by atoms with Crippen molar-refractivity contribution in [3.05, 3.63) is 59.2 Å². The van der Waals surface area contributed by atoms with Crippen molar-refractivity contribution in [3.63, 3.8) is 0 Å². The fourth-order valence-corrected chi connectivity index (χ4v) is 4.71. The molecule has 0 amide bonds. The summed E-state index contributed by atoms with van der Waals surface area (Å²) in [4.78, 5) is 46.6. The van der Waals surface area contributed by atoms with Gasteiger partial charge >= 0.3 is 5.97 Å². The lowest BCUT2D eigenvalue weighted by molar-refractivity contribution is -0.121. The molecule has 1 aliphatic carbocycles. The highest BCUT2D eigenvalue weighted by Crippen LogP contribution is 2.28. The van der Waals surface area contributed by atoms with Gasteiger partial charge in [0.25, 0.3) is 0 Å². The van der Waals surface area contributed by atoms with E-state index in [9.17, 15) is 14.4 Å². The molecular weight excluding hydrogens is 450 g/mol. The van der Waals surface area contributed by atoms with Gasteiger partial charge in [-0.2, -0.15) is 0 Å². The molecule has 0 bridgehead atoms. The molecule has 1 aromatic heterocycles. The van der Waals surface area contributed by atoms with Crippen LogP contribution in [0.5, 0.6) is 0 Å². The average molecular weight is 480 g/mol. The number of anilines is 1. The molecule has 4 heterocycles. The number of dihydropyridines is 1. The van der Waals surface area contributed by atoms with E-state index in [1.165, 1.54) is 0 Å². The van der Waals surface area contributed by atoms with E-state index in [4.69, 9.17) is 4.74 Å². The van der Waals surface area contributed by atoms with Gasteiger partial charge in [-0.3, -0.25) is 24.9 Å². The average Bonchev–Trinajstić information content (AvgIpc) is 3.32. The Morgan fingerprint density at radius 3 is 2.74 bits per heavy atom. The third-order valence-electron chi connectivity index (χ3n) is 6.57. The summed E-state index contributed by atoms with van der Waals surface area (Å²) in [6.45, 7) is 7.07. The number of hydrogen-bond donors (Lipinski definition) is 3. The van der Waals surface area contributed by atoms with Crippen molar-refractivity contribution in [2.24, 2.45) is 0 Å². The number of esters is 1. The zero-order valence-electron chi connectivity index (χ0n) is 19.6. The summed E-state index contributed by atoms with van der Waals surface area (Å²) >= 11 is 0. The van der Waals surface area contributed by atoms with E-state index in [0.717, 1.165) is 45.0 Å². The predicted molar refractivity (Wildman–Crippen MR) is 128 cm³/mol. The van der Waals surface area contributed by atoms with E-state index < -0.39 is 6.04 Å². The Balaban J connectivity index is 1.10. The minimum Gasteiger partial charge on any atom is -0.462 e. The second-order valence-electron chi connectivity index (χ2n) is 8.69. The zero-order chi connectivity index (χ0) is 24.4. The molecule has 5 rings (SSSR count). The minimum absolute atomic E-state index is 0.131. The molecule has 3 N–H and O–H groups in total. The molecule has 0 spiro atoms. The van der Waals surface area contributed by atoms with Crippen LogP contribution in [0.4, 0.5) is 5.82 Å². The van der Waals surface area contributed by atoms with Crippen molar-refractivity contribution >= 4 is 23.4 Å². The number of ketones is 2. The van der Waals surface area contributed by atoms with Crippen molar-refractivity contribution in [3.8, 4) is 0 Å². The van der Waals surface area contributed by atoms with Crippen molar-refractivity contribution in [2.75, 3.05) is 50.8 Å². The standard InChI is InChI=1S/C24H29N7O4/c1-2-35-24(34)16-6-7-18(26-15-16)30-13-11-29(12-14-30)9-4-10-31-21-20(27-28-31)23(33)19-17(22(21)32)5-3-8-25-19/h3,5-8,15,19,25,27-28H,2,4,9-14H2,1H3. The molecule has 0 aromatic carbocycles. The zero-order valence-corrected chi connectivity index (χ0v) is 19.6. The molecule has 1 aromatic rings. The normalized spacial score (nSPS) is 21.9. The summed E-state index contributed by atoms with van der Waals surface area (Å²) in [7, 11) is 0. The summed E-state index contributed by atoms with van der Waals surface area (Å²) in [6.07, 6.45) is 7.53. The van der Waals surface area contributed by atoms with Crippen LogP contribution in [-0.4, -0.2) is 84.3 Å². The lowest BCUT2D eigenvalue weighted by Gasteiger charge is -2.35. The number of allylic oxidation sites excluding steroid dienone is 3. The van der Waals surface area contributed by atoms with Crippen molar-refractivity contribution in [1.29, 1.82) is 0 Å². The molecule has 3 aliphatic heterocycles. The van der Waals surface area contributed by atoms with Crippen LogP contribution in [0.2, 0.25) is 0 Å². The highest BCUT2D eigenvalue weighted by molar-refractivity contribution is 6.23. The molecule has 1 fully saturated rings. The van der Waals surface area contributed by atoms with E-state index in [1.807, 2.05) is 6.07 Å². The number of pyridine rings is 1. The summed E-state index contributed by atoms with van der Waals surface area (Å²) in [5.41, 5.74) is 7.53. The molecule has 1 saturated heterocycles. The van der Waals surface area contributed by atoms with E-state index in [-0.39, 0.29) is 17.5 Å². The second-order valence-corrected chi connectivity index (χ2v) is 8.69. The first-order chi connectivity index (χ1) is 17.1. The Morgan fingerprint density at radius 2 is 2.00 bits per heavy atom. The Morgan fingerprint density at radius 1 is 1.17 bits per heavy atom. The largest absolute Gasteiger partial charge is 0.462 e. The quantitative estimate of drug-likeness (QED) is 0.454. The van der Waals surface area contributed by atoms with Gasteiger partial charge in [0.05, 0.1) is 12.2 Å². The number of rotatable bonds is 7. The number of nitrogens with one attached hydrogen (secondary N) is 3. The topological polar surface area (TPSA) is 119 Å². The third-order valence-corrected chi connectivity index (χ3v) is 6.57. The number of aromatic nitrogens is 1. The Bertz CT molecular complexity index is 1100. The smallest absolute Gasteiger partial charge is 0.339 e. The molecule has 0 saturated carbocycles. The number of Topliss-reactive ketones (excluding diaryl/α,β-unsaturated/α-hetero) is 2. The van der Waals surface area contributed by atoms with Gasteiger partial charge in [0.2, 0.25) is 11.6 Å². The summed E-state index contributed by atoms with van der Waals surface area (Å²) in [5.74, 6) is 0.230. The molecule has 35 heavy (non-hydrogen) atoms. The van der Waals surface area contributed by atoms with Gasteiger partial charge in [0, 0.05) is 51.0 Å². The lowest BCUT2D eigenvalue weighted by Crippen LogP contribution is -2.48. The van der Waals surface area contributed by atoms with Crippen LogP contribution in [0.25, 0.3) is 0 Å². The number of hydrogen-bond acceptors (Lipinski definition) is 11. The van der Waals surface area contributed by atoms with Gasteiger partial charge in [-0.25, -0.2) is 9.78 Å². The van der Waals surface area contributed by atoms with Crippen molar-refractivity contribution < 1.29 is 19.1 Å². The number of nitrogens with zero attached hydrogens (tertiary/aromatic N) is 4. The fraction of sp³-hybridized carbons (Fsp3) is 0.417. The molecule has 184 valence electrons. The maximum atomic E-state index is 13.0. The first-order valence-electron chi connectivity index (χ1n) is 11.9. The SMILES string of the molecule is CCOC(=O)c1ccc(N2CCN(CCCN3NNC4=C3C(=O)C3=CC=CNC3C4=O)CC2)nc1. The molecule has 11 nitrogen and oxygen atoms in total. The lowest BCUT2D eigenvalue weighted by atomic mass is 9.87. The molecule has 11 heteroatoms. The maximum absolute atomic E-state index is 13.0. The van der Waals surface area contributed by atoms with Crippen LogP contribution >= 0.6 is 0 Å². The van der Waals surface area contributed by atoms with Crippen LogP contribution in [0, 0.1) is 0 Å². The van der Waals surface area contributed by atoms with Crippen LogP contribution in [-0.2, 0) is 14.3 Å². The first-order valence-corrected chi connectivity index (χ1v) is 11.9. The highest BCUT2D eigenvalue weighted by atomic mass is 16.5. The Kier molecular flexibility index (Phi) is 6.51. The second kappa shape index (κ2) is 9.88. The van der Waals surface area contributed by atoms with Crippen molar-refractivity contribution in [2.45, 2.75) is 19.4 Å². The monoisotopic (exact) mass is 479 g/mol. The molecule has 0 radical (unpaired) electrons. The Labute approximate surface area is 203 Å². The van der Waals surface area contributed by atoms with Crippen LogP contribution in [0.1, 0.15) is 23.7 Å². The van der Waals surface area contributed by atoms with E-state index >= 15 is 0 Å². The van der Waals surface area contributed by atoms with E-state index in [0.29, 0.717) is 35.7 Å². The summed E-state index contributed by atoms with van der Waals surface area (Å²) in [6, 6.07) is 2.99. The van der Waals surface area contributed by atoms with Gasteiger partial charge in [0.15, 0.2) is 0 Å². The summed E-state index contributed by atoms with van der Waals surface area (Å²) < 4.78 is 5.01. The number of fused-ring (bicyclic) bond motifs is 1. The molecule has 4 aliphatic rings. The van der Waals surface area contributed by atoms with E-state index in [1.54, 1.807) is 42.5 Å². The Hall–Kier alpha value is -3.70. The third kappa shape index (κ3) is 4.52. The van der Waals surface area contributed by atoms with Gasteiger partial charge in [-0.05, 0) is 37.8 Å². The van der Waals surface area contributed by atoms with Gasteiger partial charge in [0.1, 0.15) is 23.3 Å². The maximum Gasteiger partial charge on any atom is 0.339 e. The number of ether oxygens (including phenoxy) is 1. The number of carbonyl (C=O) groups excluding carboxylic acids is 3. The van der Waals surface area contributed by atoms with Crippen LogP contribution < -0.4 is 21.2 Å². The predicted octanol–water partition coefficient (Wildman–Crippen LogP) is -0.129. The molecule has 1 unspecified atom stereocenters. The van der Waals surface area contributed by atoms with Gasteiger partial charge in [-0.1, -0.05) is 6.08 Å². The minimum atomic E-state index is -0.618. The number of hydrazine groups is 2. The van der Waals surface area contributed by atoms with E-state index in [2.05, 4.69) is 31.1 Å². The first kappa shape index (κ1) is 23.1. The number of carbonyl (C=O) groups is 3. The fourth-order valence-electron chi connectivity index (χ4n) is 4.71. The van der Waals surface area contributed by atoms with Gasteiger partial charge in [-0.15, -0.1) is 5.53 Å². The van der Waals surface area contributed by atoms with Crippen LogP contribution in [0.3, 0.4) is 0 Å². The summed E-state index contributed by atoms with van der Waals surface area (Å²) in [5, 5.41) is 4.71. The van der Waals surface area contributed by atoms with Crippen molar-refractivity contribution in [1.82, 2.24) is 31.2 Å². The molecular formula is C24H29N7O4. The van der Waals surface area contributed by atoms with Gasteiger partial charge < -0.3 is 15.0 Å². The van der Waals surface area contributed by atoms with Crippen LogP contribution in [0.15, 0.2) is 53.6 Å². The molecule has 1 atom stereocenters.